The lowest BCUT2D eigenvalue weighted by molar-refractivity contribution is -0.121. The molecule has 1 aromatic rings. The summed E-state index contributed by atoms with van der Waals surface area (Å²) in [6, 6.07) is 6.87. The maximum Gasteiger partial charge on any atom is 0.265 e. The zero-order valence-electron chi connectivity index (χ0n) is 11.3. The van der Waals surface area contributed by atoms with Gasteiger partial charge in [0.1, 0.15) is 18.1 Å². The first-order chi connectivity index (χ1) is 9.69. The number of ketones is 1. The highest BCUT2D eigenvalue weighted by molar-refractivity contribution is 5.94. The Hall–Kier alpha value is -1.92. The van der Waals surface area contributed by atoms with E-state index < -0.39 is 0 Å². The minimum absolute atomic E-state index is 0.336. The van der Waals surface area contributed by atoms with Crippen molar-refractivity contribution >= 4 is 11.7 Å². The summed E-state index contributed by atoms with van der Waals surface area (Å²) in [6.07, 6.45) is 1.26. The first-order valence-corrected chi connectivity index (χ1v) is 6.67. The number of nitrogens with one attached hydrogen (secondary N) is 1. The Morgan fingerprint density at radius 1 is 1.35 bits per heavy atom. The van der Waals surface area contributed by atoms with Crippen molar-refractivity contribution in [2.24, 2.45) is 5.84 Å². The van der Waals surface area contributed by atoms with Crippen LogP contribution in [0.3, 0.4) is 0 Å². The lowest BCUT2D eigenvalue weighted by atomic mass is 10.1. The zero-order valence-corrected chi connectivity index (χ0v) is 11.3. The fraction of sp³-hybridized carbons (Fsp3) is 0.429. The number of hydrogen-bond donors (Lipinski definition) is 2. The number of Topliss-reactive ketones (excluding diaryl/α,β-unsaturated/α-hetero) is 1. The van der Waals surface area contributed by atoms with Gasteiger partial charge in [0.15, 0.2) is 0 Å². The third-order valence-electron chi connectivity index (χ3n) is 3.32. The monoisotopic (exact) mass is 277 g/mol. The van der Waals surface area contributed by atoms with Gasteiger partial charge in [0.05, 0.1) is 0 Å². The van der Waals surface area contributed by atoms with E-state index in [1.807, 2.05) is 0 Å². The van der Waals surface area contributed by atoms with Gasteiger partial charge in [0.25, 0.3) is 5.91 Å². The van der Waals surface area contributed by atoms with E-state index in [1.54, 1.807) is 24.3 Å². The molecule has 1 saturated heterocycles. The van der Waals surface area contributed by atoms with E-state index in [4.69, 9.17) is 10.6 Å². The van der Waals surface area contributed by atoms with Crippen LogP contribution >= 0.6 is 0 Å². The van der Waals surface area contributed by atoms with Crippen molar-refractivity contribution < 1.29 is 14.3 Å². The van der Waals surface area contributed by atoms with Crippen LogP contribution in [0.25, 0.3) is 0 Å². The molecule has 0 saturated carbocycles. The van der Waals surface area contributed by atoms with Gasteiger partial charge in [-0.3, -0.25) is 19.9 Å². The first-order valence-electron chi connectivity index (χ1n) is 6.67. The van der Waals surface area contributed by atoms with Crippen molar-refractivity contribution in [3.05, 3.63) is 29.8 Å². The number of hydrazine groups is 1. The van der Waals surface area contributed by atoms with Gasteiger partial charge in [-0.1, -0.05) is 6.07 Å². The summed E-state index contributed by atoms with van der Waals surface area (Å²) in [5.74, 6) is 5.72. The molecule has 0 unspecified atom stereocenters. The molecular formula is C14H19N3O3. The molecule has 20 heavy (non-hydrogen) atoms. The molecule has 0 bridgehead atoms. The van der Waals surface area contributed by atoms with Crippen LogP contribution in [0, 0.1) is 0 Å². The predicted octanol–water partition coefficient (Wildman–Crippen LogP) is 0.334. The molecule has 2 rings (SSSR count). The molecular weight excluding hydrogens is 258 g/mol. The molecule has 6 nitrogen and oxygen atoms in total. The van der Waals surface area contributed by atoms with Crippen molar-refractivity contribution in [1.29, 1.82) is 0 Å². The molecule has 0 radical (unpaired) electrons. The second kappa shape index (κ2) is 7.02. The number of likely N-dealkylation sites (tertiary alicyclic amines) is 1. The van der Waals surface area contributed by atoms with E-state index in [-0.39, 0.29) is 5.91 Å². The van der Waals surface area contributed by atoms with Crippen LogP contribution in [0.15, 0.2) is 24.3 Å². The van der Waals surface area contributed by atoms with Crippen LogP contribution in [0.5, 0.6) is 5.75 Å². The van der Waals surface area contributed by atoms with Crippen LogP contribution in [0.1, 0.15) is 23.2 Å². The molecule has 0 atom stereocenters. The van der Waals surface area contributed by atoms with Crippen LogP contribution in [0.2, 0.25) is 0 Å². The van der Waals surface area contributed by atoms with Gasteiger partial charge in [0.2, 0.25) is 0 Å². The topological polar surface area (TPSA) is 84.7 Å². The maximum absolute atomic E-state index is 11.4. The first kappa shape index (κ1) is 14.5. The summed E-state index contributed by atoms with van der Waals surface area (Å²) >= 11 is 0. The number of rotatable bonds is 5. The lowest BCUT2D eigenvalue weighted by Crippen LogP contribution is -2.36. The number of hydrogen-bond acceptors (Lipinski definition) is 5. The highest BCUT2D eigenvalue weighted by Gasteiger charge is 2.15. The smallest absolute Gasteiger partial charge is 0.265 e. The van der Waals surface area contributed by atoms with Gasteiger partial charge < -0.3 is 4.74 Å². The minimum atomic E-state index is -0.343. The lowest BCUT2D eigenvalue weighted by Gasteiger charge is -2.25. The Balaban J connectivity index is 1.79. The quantitative estimate of drug-likeness (QED) is 0.460. The number of amides is 1. The van der Waals surface area contributed by atoms with Crippen molar-refractivity contribution in [3.63, 3.8) is 0 Å². The van der Waals surface area contributed by atoms with Gasteiger partial charge >= 0.3 is 0 Å². The highest BCUT2D eigenvalue weighted by Crippen LogP contribution is 2.13. The minimum Gasteiger partial charge on any atom is -0.492 e. The number of nitrogen functional groups attached to an aromatic ring is 1. The Kier molecular flexibility index (Phi) is 5.09. The van der Waals surface area contributed by atoms with Crippen molar-refractivity contribution in [2.75, 3.05) is 26.2 Å². The molecule has 108 valence electrons. The summed E-state index contributed by atoms with van der Waals surface area (Å²) in [5.41, 5.74) is 2.55. The van der Waals surface area contributed by atoms with Crippen molar-refractivity contribution in [1.82, 2.24) is 10.3 Å². The van der Waals surface area contributed by atoms with Gasteiger partial charge in [-0.25, -0.2) is 5.84 Å². The fourth-order valence-corrected chi connectivity index (χ4v) is 2.13. The molecule has 6 heteroatoms. The fourth-order valence-electron chi connectivity index (χ4n) is 2.13. The van der Waals surface area contributed by atoms with E-state index in [9.17, 15) is 9.59 Å². The molecule has 1 heterocycles. The number of nitrogens with zero attached hydrogens (tertiary/aromatic N) is 1. The van der Waals surface area contributed by atoms with Gasteiger partial charge in [-0.15, -0.1) is 0 Å². The Morgan fingerprint density at radius 3 is 2.80 bits per heavy atom. The number of ether oxygens (including phenoxy) is 1. The SMILES string of the molecule is NNC(=O)c1cccc(OCCN2CCC(=O)CC2)c1. The molecule has 1 aromatic carbocycles. The number of carbonyl (C=O) groups is 2. The molecule has 3 N–H and O–H groups in total. The average molecular weight is 277 g/mol. The Labute approximate surface area is 117 Å². The van der Waals surface area contributed by atoms with E-state index in [2.05, 4.69) is 10.3 Å². The maximum atomic E-state index is 11.4. The number of nitrogens with two attached hydrogens (primary N) is 1. The summed E-state index contributed by atoms with van der Waals surface area (Å²) in [6.45, 7) is 2.91. The summed E-state index contributed by atoms with van der Waals surface area (Å²) < 4.78 is 5.62. The molecule has 1 amide bonds. The Bertz CT molecular complexity index is 480. The second-order valence-electron chi connectivity index (χ2n) is 4.73. The third kappa shape index (κ3) is 4.04. The summed E-state index contributed by atoms with van der Waals surface area (Å²) in [5, 5.41) is 0. The highest BCUT2D eigenvalue weighted by atomic mass is 16.5. The van der Waals surface area contributed by atoms with E-state index in [1.165, 1.54) is 0 Å². The predicted molar refractivity (Wildman–Crippen MR) is 74.3 cm³/mol. The van der Waals surface area contributed by atoms with E-state index in [0.29, 0.717) is 36.5 Å². The van der Waals surface area contributed by atoms with Gasteiger partial charge in [-0.2, -0.15) is 0 Å². The van der Waals surface area contributed by atoms with E-state index in [0.717, 1.165) is 19.6 Å². The number of piperidine rings is 1. The van der Waals surface area contributed by atoms with Crippen LogP contribution < -0.4 is 16.0 Å². The van der Waals surface area contributed by atoms with Crippen molar-refractivity contribution in [2.45, 2.75) is 12.8 Å². The standard InChI is InChI=1S/C14H19N3O3/c15-16-14(19)11-2-1-3-13(10-11)20-9-8-17-6-4-12(18)5-7-17/h1-3,10H,4-9,15H2,(H,16,19). The zero-order chi connectivity index (χ0) is 14.4. The number of carbonyl (C=O) groups excluding carboxylic acids is 2. The van der Waals surface area contributed by atoms with Crippen LogP contribution in [0.4, 0.5) is 0 Å². The van der Waals surface area contributed by atoms with Gasteiger partial charge in [-0.05, 0) is 18.2 Å². The average Bonchev–Trinajstić information content (AvgIpc) is 2.49. The molecule has 1 fully saturated rings. The third-order valence-corrected chi connectivity index (χ3v) is 3.32. The molecule has 0 aliphatic carbocycles. The number of benzene rings is 1. The largest absolute Gasteiger partial charge is 0.492 e. The molecule has 1 aliphatic rings. The van der Waals surface area contributed by atoms with Crippen LogP contribution in [-0.4, -0.2) is 42.8 Å². The normalized spacial score (nSPS) is 15.9. The van der Waals surface area contributed by atoms with Gasteiger partial charge in [0, 0.05) is 38.0 Å². The van der Waals surface area contributed by atoms with Crippen molar-refractivity contribution in [3.8, 4) is 5.75 Å². The summed E-state index contributed by atoms with van der Waals surface area (Å²) in [7, 11) is 0. The van der Waals surface area contributed by atoms with E-state index >= 15 is 0 Å². The molecule has 1 aliphatic heterocycles. The molecule has 0 aromatic heterocycles. The summed E-state index contributed by atoms with van der Waals surface area (Å²) in [4.78, 5) is 24.7. The second-order valence-corrected chi connectivity index (χ2v) is 4.73. The Morgan fingerprint density at radius 2 is 2.10 bits per heavy atom. The van der Waals surface area contributed by atoms with Crippen LogP contribution in [-0.2, 0) is 4.79 Å². The molecule has 0 spiro atoms.